The zero-order valence-corrected chi connectivity index (χ0v) is 11.4. The summed E-state index contributed by atoms with van der Waals surface area (Å²) < 4.78 is 24.9. The lowest BCUT2D eigenvalue weighted by Crippen LogP contribution is -2.39. The van der Waals surface area contributed by atoms with Gasteiger partial charge in [-0.1, -0.05) is 6.07 Å². The summed E-state index contributed by atoms with van der Waals surface area (Å²) in [6.45, 7) is 0.750. The van der Waals surface area contributed by atoms with Crippen molar-refractivity contribution in [3.8, 4) is 0 Å². The lowest BCUT2D eigenvalue weighted by Gasteiger charge is -2.25. The van der Waals surface area contributed by atoms with E-state index in [0.29, 0.717) is 18.8 Å². The van der Waals surface area contributed by atoms with Gasteiger partial charge in [-0.15, -0.1) is 0 Å². The van der Waals surface area contributed by atoms with Crippen LogP contribution < -0.4 is 5.32 Å². The van der Waals surface area contributed by atoms with Crippen LogP contribution in [0.1, 0.15) is 19.3 Å². The third-order valence-electron chi connectivity index (χ3n) is 2.97. The topological polar surface area (TPSA) is 79.4 Å². The van der Waals surface area contributed by atoms with E-state index in [1.807, 2.05) is 0 Å². The van der Waals surface area contributed by atoms with E-state index >= 15 is 0 Å². The Balaban J connectivity index is 1.83. The van der Waals surface area contributed by atoms with Crippen LogP contribution in [0, 0.1) is 0 Å². The Morgan fingerprint density at radius 1 is 1.37 bits per heavy atom. The van der Waals surface area contributed by atoms with Gasteiger partial charge in [0, 0.05) is 25.7 Å². The summed E-state index contributed by atoms with van der Waals surface area (Å²) in [4.78, 5) is 15.7. The second kappa shape index (κ2) is 6.12. The van der Waals surface area contributed by atoms with Crippen LogP contribution in [-0.4, -0.2) is 42.5 Å². The standard InChI is InChI=1S/C12H17N3O3S/c16-12(14-11-5-1-2-7-13-11)6-9-15-8-3-4-10-19(15,17)18/h1-2,5,7H,3-4,6,8-10H2,(H,13,14,16). The molecular formula is C12H17N3O3S. The molecule has 0 aromatic carbocycles. The largest absolute Gasteiger partial charge is 0.311 e. The summed E-state index contributed by atoms with van der Waals surface area (Å²) in [6.07, 6.45) is 3.31. The van der Waals surface area contributed by atoms with Crippen LogP contribution in [0.15, 0.2) is 24.4 Å². The third-order valence-corrected chi connectivity index (χ3v) is 4.93. The van der Waals surface area contributed by atoms with E-state index in [9.17, 15) is 13.2 Å². The zero-order chi connectivity index (χ0) is 13.7. The van der Waals surface area contributed by atoms with E-state index in [-0.39, 0.29) is 24.6 Å². The number of nitrogens with one attached hydrogen (secondary N) is 1. The smallest absolute Gasteiger partial charge is 0.226 e. The number of carbonyl (C=O) groups is 1. The molecule has 0 spiro atoms. The molecule has 6 nitrogen and oxygen atoms in total. The van der Waals surface area contributed by atoms with E-state index in [0.717, 1.165) is 6.42 Å². The number of hydrogen-bond acceptors (Lipinski definition) is 4. The predicted octanol–water partition coefficient (Wildman–Crippen LogP) is 0.836. The molecule has 1 aromatic rings. The number of hydrogen-bond donors (Lipinski definition) is 1. The average molecular weight is 283 g/mol. The Morgan fingerprint density at radius 3 is 2.89 bits per heavy atom. The van der Waals surface area contributed by atoms with E-state index in [4.69, 9.17) is 0 Å². The molecule has 7 heteroatoms. The molecule has 1 saturated heterocycles. The van der Waals surface area contributed by atoms with Gasteiger partial charge in [0.05, 0.1) is 5.75 Å². The molecule has 1 fully saturated rings. The van der Waals surface area contributed by atoms with Crippen LogP contribution in [-0.2, 0) is 14.8 Å². The Morgan fingerprint density at radius 2 is 2.21 bits per heavy atom. The van der Waals surface area contributed by atoms with Crippen LogP contribution >= 0.6 is 0 Å². The van der Waals surface area contributed by atoms with Crippen molar-refractivity contribution in [2.45, 2.75) is 19.3 Å². The molecule has 0 bridgehead atoms. The molecule has 1 amide bonds. The number of amides is 1. The molecule has 0 saturated carbocycles. The maximum Gasteiger partial charge on any atom is 0.226 e. The van der Waals surface area contributed by atoms with Gasteiger partial charge in [-0.2, -0.15) is 0 Å². The van der Waals surface area contributed by atoms with Crippen molar-refractivity contribution in [3.63, 3.8) is 0 Å². The first-order chi connectivity index (χ1) is 9.08. The summed E-state index contributed by atoms with van der Waals surface area (Å²) in [5, 5.41) is 2.64. The molecule has 1 aromatic heterocycles. The number of nitrogens with zero attached hydrogens (tertiary/aromatic N) is 2. The molecule has 0 radical (unpaired) electrons. The molecule has 2 heterocycles. The van der Waals surface area contributed by atoms with Crippen LogP contribution in [0.5, 0.6) is 0 Å². The normalized spacial score (nSPS) is 18.9. The summed E-state index contributed by atoms with van der Waals surface area (Å²) in [5.41, 5.74) is 0. The SMILES string of the molecule is O=C(CCN1CCCCS1(=O)=O)Nc1ccccn1. The van der Waals surface area contributed by atoms with Crippen molar-refractivity contribution < 1.29 is 13.2 Å². The molecule has 2 rings (SSSR count). The second-order valence-corrected chi connectivity index (χ2v) is 6.52. The number of sulfonamides is 1. The van der Waals surface area contributed by atoms with Crippen LogP contribution in [0.2, 0.25) is 0 Å². The molecule has 0 atom stereocenters. The molecule has 19 heavy (non-hydrogen) atoms. The highest BCUT2D eigenvalue weighted by molar-refractivity contribution is 7.89. The Kier molecular flexibility index (Phi) is 4.49. The third kappa shape index (κ3) is 4.00. The molecular weight excluding hydrogens is 266 g/mol. The first-order valence-electron chi connectivity index (χ1n) is 6.27. The Labute approximate surface area is 112 Å². The molecule has 1 aliphatic heterocycles. The fraction of sp³-hybridized carbons (Fsp3) is 0.500. The minimum Gasteiger partial charge on any atom is -0.311 e. The fourth-order valence-corrected chi connectivity index (χ4v) is 3.56. The molecule has 0 unspecified atom stereocenters. The highest BCUT2D eigenvalue weighted by Gasteiger charge is 2.25. The fourth-order valence-electron chi connectivity index (χ4n) is 1.96. The van der Waals surface area contributed by atoms with Gasteiger partial charge in [0.25, 0.3) is 0 Å². The molecule has 104 valence electrons. The van der Waals surface area contributed by atoms with Gasteiger partial charge in [-0.3, -0.25) is 4.79 Å². The van der Waals surface area contributed by atoms with Crippen molar-refractivity contribution in [1.82, 2.24) is 9.29 Å². The lowest BCUT2D eigenvalue weighted by molar-refractivity contribution is -0.116. The van der Waals surface area contributed by atoms with Crippen molar-refractivity contribution >= 4 is 21.7 Å². The quantitative estimate of drug-likeness (QED) is 0.888. The maximum atomic E-state index is 11.7. The summed E-state index contributed by atoms with van der Waals surface area (Å²) in [6, 6.07) is 5.23. The minimum atomic E-state index is -3.15. The van der Waals surface area contributed by atoms with Gasteiger partial charge >= 0.3 is 0 Å². The van der Waals surface area contributed by atoms with Crippen molar-refractivity contribution in [2.24, 2.45) is 0 Å². The molecule has 1 N–H and O–H groups in total. The van der Waals surface area contributed by atoms with Crippen molar-refractivity contribution in [1.29, 1.82) is 0 Å². The second-order valence-electron chi connectivity index (χ2n) is 4.44. The van der Waals surface area contributed by atoms with Crippen LogP contribution in [0.3, 0.4) is 0 Å². The number of aromatic nitrogens is 1. The van der Waals surface area contributed by atoms with Gasteiger partial charge in [0.2, 0.25) is 15.9 Å². The van der Waals surface area contributed by atoms with Gasteiger partial charge in [-0.25, -0.2) is 17.7 Å². The Bertz CT molecular complexity index is 530. The van der Waals surface area contributed by atoms with Gasteiger partial charge < -0.3 is 5.32 Å². The summed E-state index contributed by atoms with van der Waals surface area (Å²) >= 11 is 0. The van der Waals surface area contributed by atoms with Gasteiger partial charge in [0.15, 0.2) is 0 Å². The van der Waals surface area contributed by atoms with E-state index in [1.54, 1.807) is 24.4 Å². The number of rotatable bonds is 4. The first-order valence-corrected chi connectivity index (χ1v) is 7.87. The highest BCUT2D eigenvalue weighted by atomic mass is 32.2. The molecule has 0 aliphatic carbocycles. The first kappa shape index (κ1) is 14.0. The Hall–Kier alpha value is -1.47. The lowest BCUT2D eigenvalue weighted by atomic mass is 10.3. The van der Waals surface area contributed by atoms with Gasteiger partial charge in [-0.05, 0) is 25.0 Å². The minimum absolute atomic E-state index is 0.149. The predicted molar refractivity (Wildman–Crippen MR) is 72.1 cm³/mol. The summed E-state index contributed by atoms with van der Waals surface area (Å²) in [7, 11) is -3.15. The van der Waals surface area contributed by atoms with E-state index in [2.05, 4.69) is 10.3 Å². The number of carbonyl (C=O) groups excluding carboxylic acids is 1. The summed E-state index contributed by atoms with van der Waals surface area (Å²) in [5.74, 6) is 0.447. The van der Waals surface area contributed by atoms with Gasteiger partial charge in [0.1, 0.15) is 5.82 Å². The number of pyridine rings is 1. The zero-order valence-electron chi connectivity index (χ0n) is 10.6. The maximum absolute atomic E-state index is 11.7. The number of anilines is 1. The highest BCUT2D eigenvalue weighted by Crippen LogP contribution is 2.13. The average Bonchev–Trinajstić information content (AvgIpc) is 2.38. The van der Waals surface area contributed by atoms with E-state index < -0.39 is 10.0 Å². The van der Waals surface area contributed by atoms with E-state index in [1.165, 1.54) is 4.31 Å². The van der Waals surface area contributed by atoms with Crippen molar-refractivity contribution in [2.75, 3.05) is 24.2 Å². The van der Waals surface area contributed by atoms with Crippen molar-refractivity contribution in [3.05, 3.63) is 24.4 Å². The van der Waals surface area contributed by atoms with Crippen LogP contribution in [0.4, 0.5) is 5.82 Å². The monoisotopic (exact) mass is 283 g/mol. The van der Waals surface area contributed by atoms with Crippen LogP contribution in [0.25, 0.3) is 0 Å². The molecule has 1 aliphatic rings.